The molecule has 260 valence electrons. The summed E-state index contributed by atoms with van der Waals surface area (Å²) in [5.41, 5.74) is 13.2. The van der Waals surface area contributed by atoms with Crippen molar-refractivity contribution in [1.82, 2.24) is 9.97 Å². The van der Waals surface area contributed by atoms with Crippen molar-refractivity contribution in [2.45, 2.75) is 19.8 Å². The molecule has 55 heavy (non-hydrogen) atoms. The Morgan fingerprint density at radius 3 is 2.11 bits per heavy atom. The topological polar surface area (TPSA) is 52.1 Å². The first-order chi connectivity index (χ1) is 27.1. The second kappa shape index (κ2) is 12.5. The van der Waals surface area contributed by atoms with Crippen LogP contribution in [0.2, 0.25) is 0 Å². The summed E-state index contributed by atoms with van der Waals surface area (Å²) in [6.07, 6.45) is 1.87. The van der Waals surface area contributed by atoms with Gasteiger partial charge >= 0.3 is 0 Å². The Kier molecular flexibility index (Phi) is 7.17. The minimum absolute atomic E-state index is 0.665. The van der Waals surface area contributed by atoms with Crippen LogP contribution in [0.4, 0.5) is 0 Å². The zero-order chi connectivity index (χ0) is 36.5. The molecule has 0 saturated carbocycles. The lowest BCUT2D eigenvalue weighted by molar-refractivity contribution is 0.666. The van der Waals surface area contributed by atoms with Crippen LogP contribution in [0, 0.1) is 6.92 Å². The third-order valence-corrected chi connectivity index (χ3v) is 11.1. The lowest BCUT2D eigenvalue weighted by Gasteiger charge is -2.14. The number of benzene rings is 8. The Bertz CT molecular complexity index is 3290. The molecule has 0 aliphatic heterocycles. The number of fused-ring (bicyclic) bond motifs is 8. The lowest BCUT2D eigenvalue weighted by Crippen LogP contribution is -1.96. The van der Waals surface area contributed by atoms with E-state index in [9.17, 15) is 0 Å². The smallest absolute Gasteiger partial charge is 0.180 e. The molecule has 8 aromatic carbocycles. The third kappa shape index (κ3) is 5.29. The summed E-state index contributed by atoms with van der Waals surface area (Å²) in [5, 5.41) is 8.06. The van der Waals surface area contributed by atoms with Crippen LogP contribution in [0.3, 0.4) is 0 Å². The predicted octanol–water partition coefficient (Wildman–Crippen LogP) is 13.7. The minimum Gasteiger partial charge on any atom is -0.456 e. The van der Waals surface area contributed by atoms with E-state index in [1.165, 1.54) is 49.4 Å². The molecule has 4 nitrogen and oxygen atoms in total. The molecule has 0 amide bonds. The van der Waals surface area contributed by atoms with Gasteiger partial charge in [0, 0.05) is 27.3 Å². The molecule has 0 bridgehead atoms. The Hall–Kier alpha value is -7.04. The molecule has 0 aliphatic rings. The van der Waals surface area contributed by atoms with Gasteiger partial charge in [0.2, 0.25) is 0 Å². The number of rotatable bonds is 6. The fraction of sp³-hybridized carbons (Fsp3) is 0.0588. The average Bonchev–Trinajstić information content (AvgIpc) is 3.80. The van der Waals surface area contributed by atoms with Gasteiger partial charge in [-0.2, -0.15) is 0 Å². The molecule has 0 radical (unpaired) electrons. The molecular formula is C51H34N2O2. The van der Waals surface area contributed by atoms with E-state index in [2.05, 4.69) is 128 Å². The molecule has 0 saturated heterocycles. The van der Waals surface area contributed by atoms with Crippen molar-refractivity contribution in [3.63, 3.8) is 0 Å². The van der Waals surface area contributed by atoms with Crippen molar-refractivity contribution in [3.05, 3.63) is 180 Å². The van der Waals surface area contributed by atoms with Gasteiger partial charge in [-0.15, -0.1) is 0 Å². The fourth-order valence-electron chi connectivity index (χ4n) is 8.41. The first kappa shape index (κ1) is 31.5. The average molecular weight is 707 g/mol. The second-order valence-corrected chi connectivity index (χ2v) is 14.5. The van der Waals surface area contributed by atoms with Crippen molar-refractivity contribution < 1.29 is 8.83 Å². The highest BCUT2D eigenvalue weighted by Crippen LogP contribution is 2.39. The molecule has 4 heteroatoms. The highest BCUT2D eigenvalue weighted by Gasteiger charge is 2.20. The first-order valence-electron chi connectivity index (χ1n) is 18.9. The highest BCUT2D eigenvalue weighted by atomic mass is 16.3. The second-order valence-electron chi connectivity index (χ2n) is 14.5. The summed E-state index contributed by atoms with van der Waals surface area (Å²) in [5.74, 6) is 0.665. The molecule has 0 spiro atoms. The Morgan fingerprint density at radius 1 is 0.473 bits per heavy atom. The van der Waals surface area contributed by atoms with E-state index in [0.717, 1.165) is 68.1 Å². The number of nitrogens with zero attached hydrogens (tertiary/aromatic N) is 2. The van der Waals surface area contributed by atoms with Crippen molar-refractivity contribution in [1.29, 1.82) is 0 Å². The standard InChI is InChI=1S/C51H34N2O2/c1-31-10-8-12-35-13-9-17-41(47(31)35)39-14-3-2-11-34(39)23-21-32-20-22-33-24-25-37(29-38(33)28-32)51-52-48(50-49(53-51)42-16-5-7-19-45(42)55-50)36-26-27-46-43(30-36)40-15-4-6-18-44(40)54-46/h2-20,22,24-30H,21,23H2,1H3. The predicted molar refractivity (Wildman–Crippen MR) is 226 cm³/mol. The van der Waals surface area contributed by atoms with Gasteiger partial charge in [0.25, 0.3) is 0 Å². The molecule has 3 aromatic heterocycles. The zero-order valence-corrected chi connectivity index (χ0v) is 30.2. The summed E-state index contributed by atoms with van der Waals surface area (Å²) >= 11 is 0. The van der Waals surface area contributed by atoms with Crippen LogP contribution in [0.1, 0.15) is 16.7 Å². The third-order valence-electron chi connectivity index (χ3n) is 11.1. The Morgan fingerprint density at radius 2 is 1.20 bits per heavy atom. The summed E-state index contributed by atoms with van der Waals surface area (Å²) < 4.78 is 12.6. The summed E-state index contributed by atoms with van der Waals surface area (Å²) in [7, 11) is 0. The van der Waals surface area contributed by atoms with Gasteiger partial charge in [-0.1, -0.05) is 121 Å². The highest BCUT2D eigenvalue weighted by molar-refractivity contribution is 6.10. The summed E-state index contributed by atoms with van der Waals surface area (Å²) in [6.45, 7) is 2.21. The maximum atomic E-state index is 6.47. The quantitative estimate of drug-likeness (QED) is 0.173. The number of aromatic nitrogens is 2. The van der Waals surface area contributed by atoms with Gasteiger partial charge in [0.15, 0.2) is 11.4 Å². The van der Waals surface area contributed by atoms with E-state index in [-0.39, 0.29) is 0 Å². The fourth-order valence-corrected chi connectivity index (χ4v) is 8.41. The number of furan rings is 2. The van der Waals surface area contributed by atoms with Crippen LogP contribution in [0.15, 0.2) is 173 Å². The normalized spacial score (nSPS) is 11.9. The summed E-state index contributed by atoms with van der Waals surface area (Å²) in [6, 6.07) is 57.9. The van der Waals surface area contributed by atoms with Crippen LogP contribution in [-0.4, -0.2) is 9.97 Å². The first-order valence-corrected chi connectivity index (χ1v) is 18.9. The van der Waals surface area contributed by atoms with E-state index in [1.54, 1.807) is 0 Å². The SMILES string of the molecule is Cc1cccc2cccc(-c3ccccc3CCc3ccc4ccc(-c5nc(-c6ccc7oc8ccccc8c7c6)c6oc7ccccc7c6n5)cc4c3)c12. The van der Waals surface area contributed by atoms with Gasteiger partial charge in [-0.05, 0) is 112 Å². The Labute approximate surface area is 317 Å². The van der Waals surface area contributed by atoms with Crippen LogP contribution in [-0.2, 0) is 12.8 Å². The zero-order valence-electron chi connectivity index (χ0n) is 30.2. The minimum atomic E-state index is 0.665. The molecule has 0 fully saturated rings. The van der Waals surface area contributed by atoms with E-state index >= 15 is 0 Å². The van der Waals surface area contributed by atoms with E-state index in [4.69, 9.17) is 18.8 Å². The molecule has 0 aliphatic carbocycles. The maximum Gasteiger partial charge on any atom is 0.180 e. The van der Waals surface area contributed by atoms with Gasteiger partial charge < -0.3 is 8.83 Å². The van der Waals surface area contributed by atoms with Crippen molar-refractivity contribution >= 4 is 65.6 Å². The molecule has 0 atom stereocenters. The van der Waals surface area contributed by atoms with E-state index in [1.807, 2.05) is 42.5 Å². The van der Waals surface area contributed by atoms with Crippen molar-refractivity contribution in [3.8, 4) is 33.8 Å². The number of aryl methyl sites for hydroxylation is 3. The molecule has 11 aromatic rings. The van der Waals surface area contributed by atoms with Crippen LogP contribution >= 0.6 is 0 Å². The van der Waals surface area contributed by atoms with Crippen LogP contribution < -0.4 is 0 Å². The van der Waals surface area contributed by atoms with Gasteiger partial charge in [0.1, 0.15) is 28.0 Å². The van der Waals surface area contributed by atoms with Crippen LogP contribution in [0.25, 0.3) is 99.3 Å². The number of para-hydroxylation sites is 2. The van der Waals surface area contributed by atoms with Gasteiger partial charge in [-0.3, -0.25) is 0 Å². The van der Waals surface area contributed by atoms with Gasteiger partial charge in [-0.25, -0.2) is 9.97 Å². The van der Waals surface area contributed by atoms with E-state index < -0.39 is 0 Å². The molecule has 0 unspecified atom stereocenters. The maximum absolute atomic E-state index is 6.47. The van der Waals surface area contributed by atoms with Crippen molar-refractivity contribution in [2.24, 2.45) is 0 Å². The monoisotopic (exact) mass is 706 g/mol. The Balaban J connectivity index is 0.983. The lowest BCUT2D eigenvalue weighted by atomic mass is 9.90. The van der Waals surface area contributed by atoms with Crippen molar-refractivity contribution in [2.75, 3.05) is 0 Å². The van der Waals surface area contributed by atoms with Gasteiger partial charge in [0.05, 0.1) is 0 Å². The number of hydrogen-bond acceptors (Lipinski definition) is 4. The van der Waals surface area contributed by atoms with Crippen LogP contribution in [0.5, 0.6) is 0 Å². The molecule has 11 rings (SSSR count). The molecular weight excluding hydrogens is 673 g/mol. The summed E-state index contributed by atoms with van der Waals surface area (Å²) in [4.78, 5) is 10.4. The number of hydrogen-bond donors (Lipinski definition) is 0. The molecule has 3 heterocycles. The largest absolute Gasteiger partial charge is 0.456 e. The molecule has 0 N–H and O–H groups in total. The van der Waals surface area contributed by atoms with E-state index in [0.29, 0.717) is 11.4 Å².